The van der Waals surface area contributed by atoms with Gasteiger partial charge >= 0.3 is 5.97 Å². The van der Waals surface area contributed by atoms with Crippen LogP contribution in [0.15, 0.2) is 23.1 Å². The van der Waals surface area contributed by atoms with Crippen LogP contribution in [0.5, 0.6) is 0 Å². The molecule has 24 heavy (non-hydrogen) atoms. The number of anilines is 1. The third-order valence-corrected chi connectivity index (χ3v) is 5.25. The number of benzene rings is 1. The second kappa shape index (κ2) is 8.03. The first-order valence-electron chi connectivity index (χ1n) is 8.36. The number of fused-ring (bicyclic) bond motifs is 1. The molecule has 1 aliphatic heterocycles. The van der Waals surface area contributed by atoms with E-state index in [4.69, 9.17) is 4.74 Å². The number of methoxy groups -OCH3 is 1. The summed E-state index contributed by atoms with van der Waals surface area (Å²) in [5.74, 6) is 0.655. The van der Waals surface area contributed by atoms with E-state index in [2.05, 4.69) is 33.0 Å². The summed E-state index contributed by atoms with van der Waals surface area (Å²) < 4.78 is 4.74. The van der Waals surface area contributed by atoms with Crippen molar-refractivity contribution >= 4 is 29.3 Å². The van der Waals surface area contributed by atoms with Crippen LogP contribution in [-0.2, 0) is 9.53 Å². The van der Waals surface area contributed by atoms with Crippen molar-refractivity contribution in [2.75, 3.05) is 25.5 Å². The van der Waals surface area contributed by atoms with E-state index >= 15 is 0 Å². The molecule has 0 saturated heterocycles. The smallest absolute Gasteiger partial charge is 0.337 e. The van der Waals surface area contributed by atoms with E-state index in [0.29, 0.717) is 23.1 Å². The minimum Gasteiger partial charge on any atom is -0.465 e. The molecule has 0 fully saturated rings. The molecule has 1 heterocycles. The molecule has 132 valence electrons. The summed E-state index contributed by atoms with van der Waals surface area (Å²) in [6, 6.07) is 5.32. The van der Waals surface area contributed by atoms with E-state index in [9.17, 15) is 9.59 Å². The van der Waals surface area contributed by atoms with Crippen LogP contribution >= 0.6 is 11.8 Å². The molecule has 6 heteroatoms. The van der Waals surface area contributed by atoms with Crippen molar-refractivity contribution in [2.24, 2.45) is 11.8 Å². The zero-order valence-corrected chi connectivity index (χ0v) is 15.8. The van der Waals surface area contributed by atoms with Crippen molar-refractivity contribution < 1.29 is 19.2 Å². The Bertz CT molecular complexity index is 606. The Morgan fingerprint density at radius 2 is 1.88 bits per heavy atom. The average molecular weight is 351 g/mol. The molecule has 0 spiro atoms. The number of carbonyl (C=O) groups excluding carboxylic acids is 2. The van der Waals surface area contributed by atoms with Crippen LogP contribution < -0.4 is 10.2 Å². The quantitative estimate of drug-likeness (QED) is 0.770. The van der Waals surface area contributed by atoms with Gasteiger partial charge in [0.05, 0.1) is 31.5 Å². The predicted octanol–water partition coefficient (Wildman–Crippen LogP) is 2.04. The number of quaternary nitrogens is 1. The summed E-state index contributed by atoms with van der Waals surface area (Å²) in [7, 11) is 1.35. The minimum atomic E-state index is -0.397. The molecular weight excluding hydrogens is 324 g/mol. The predicted molar refractivity (Wildman–Crippen MR) is 96.4 cm³/mol. The second-order valence-corrected chi connectivity index (χ2v) is 8.19. The fraction of sp³-hybridized carbons (Fsp3) is 0.556. The molecule has 0 aliphatic carbocycles. The first kappa shape index (κ1) is 18.8. The summed E-state index contributed by atoms with van der Waals surface area (Å²) >= 11 is 1.58. The van der Waals surface area contributed by atoms with Gasteiger partial charge in [0.25, 0.3) is 5.91 Å². The van der Waals surface area contributed by atoms with E-state index in [1.807, 2.05) is 6.07 Å². The maximum Gasteiger partial charge on any atom is 0.337 e. The topological polar surface area (TPSA) is 59.8 Å². The monoisotopic (exact) mass is 351 g/mol. The van der Waals surface area contributed by atoms with Gasteiger partial charge in [0.15, 0.2) is 0 Å². The maximum atomic E-state index is 12.6. The van der Waals surface area contributed by atoms with Crippen molar-refractivity contribution in [3.63, 3.8) is 0 Å². The van der Waals surface area contributed by atoms with E-state index in [0.717, 1.165) is 18.0 Å². The minimum absolute atomic E-state index is 0.00539. The molecule has 2 N–H and O–H groups in total. The van der Waals surface area contributed by atoms with Crippen molar-refractivity contribution in [3.05, 3.63) is 23.8 Å². The first-order chi connectivity index (χ1) is 11.3. The third kappa shape index (κ3) is 4.51. The van der Waals surface area contributed by atoms with Gasteiger partial charge in [0.1, 0.15) is 0 Å². The van der Waals surface area contributed by atoms with Gasteiger partial charge in [0, 0.05) is 16.7 Å². The van der Waals surface area contributed by atoms with Gasteiger partial charge in [-0.2, -0.15) is 0 Å². The molecule has 1 atom stereocenters. The molecule has 1 aliphatic rings. The standard InChI is InChI=1S/C18H26N2O3S/c1-11(2)9-20(10-12(3)4)17-16(21)19-14-8-13(18(22)23-5)6-7-15(14)24-17/h6-8,11-12,17H,9-10H2,1-5H3,(H,19,21)/p+1. The van der Waals surface area contributed by atoms with Gasteiger partial charge in [-0.3, -0.25) is 4.79 Å². The van der Waals surface area contributed by atoms with Gasteiger partial charge in [-0.1, -0.05) is 39.5 Å². The molecule has 2 rings (SSSR count). The Balaban J connectivity index is 2.24. The number of hydrogen-bond donors (Lipinski definition) is 2. The largest absolute Gasteiger partial charge is 0.465 e. The summed E-state index contributed by atoms with van der Waals surface area (Å²) in [5.41, 5.74) is 1.14. The van der Waals surface area contributed by atoms with E-state index in [1.165, 1.54) is 12.0 Å². The highest BCUT2D eigenvalue weighted by Crippen LogP contribution is 2.34. The fourth-order valence-corrected chi connectivity index (χ4v) is 4.13. The number of carbonyl (C=O) groups is 2. The highest BCUT2D eigenvalue weighted by molar-refractivity contribution is 8.00. The lowest BCUT2D eigenvalue weighted by Crippen LogP contribution is -3.17. The number of rotatable bonds is 6. The Morgan fingerprint density at radius 3 is 2.42 bits per heavy atom. The zero-order chi connectivity index (χ0) is 17.9. The fourth-order valence-electron chi connectivity index (χ4n) is 2.97. The van der Waals surface area contributed by atoms with Crippen LogP contribution in [0, 0.1) is 11.8 Å². The lowest BCUT2D eigenvalue weighted by molar-refractivity contribution is -0.907. The molecule has 1 unspecified atom stereocenters. The number of thioether (sulfide) groups is 1. The van der Waals surface area contributed by atoms with Gasteiger partial charge < -0.3 is 15.0 Å². The van der Waals surface area contributed by atoms with Crippen molar-refractivity contribution in [3.8, 4) is 0 Å². The summed E-state index contributed by atoms with van der Waals surface area (Å²) in [5, 5.41) is 2.81. The van der Waals surface area contributed by atoms with E-state index in [-0.39, 0.29) is 11.3 Å². The van der Waals surface area contributed by atoms with Gasteiger partial charge in [-0.15, -0.1) is 0 Å². The Labute approximate surface area is 148 Å². The SMILES string of the molecule is COC(=O)c1ccc2c(c1)NC(=O)C([NH+](CC(C)C)CC(C)C)S2. The van der Waals surface area contributed by atoms with Crippen molar-refractivity contribution in [1.29, 1.82) is 0 Å². The Hall–Kier alpha value is -1.53. The number of amides is 1. The molecule has 0 aromatic heterocycles. The van der Waals surface area contributed by atoms with Gasteiger partial charge in [0.2, 0.25) is 5.37 Å². The van der Waals surface area contributed by atoms with Gasteiger partial charge in [-0.25, -0.2) is 4.79 Å². The molecule has 0 radical (unpaired) electrons. The van der Waals surface area contributed by atoms with Crippen molar-refractivity contribution in [1.82, 2.24) is 0 Å². The lowest BCUT2D eigenvalue weighted by Gasteiger charge is -2.32. The van der Waals surface area contributed by atoms with Crippen LogP contribution in [-0.4, -0.2) is 37.4 Å². The molecule has 1 amide bonds. The molecule has 0 saturated carbocycles. The number of nitrogens with one attached hydrogen (secondary N) is 2. The van der Waals surface area contributed by atoms with Crippen LogP contribution in [0.4, 0.5) is 5.69 Å². The number of hydrogen-bond acceptors (Lipinski definition) is 4. The maximum absolute atomic E-state index is 12.6. The Kier molecular flexibility index (Phi) is 6.29. The second-order valence-electron chi connectivity index (χ2n) is 7.04. The molecule has 5 nitrogen and oxygen atoms in total. The first-order valence-corrected chi connectivity index (χ1v) is 9.24. The number of esters is 1. The molecule has 1 aromatic rings. The third-order valence-electron chi connectivity index (χ3n) is 3.85. The average Bonchev–Trinajstić information content (AvgIpc) is 2.51. The summed E-state index contributed by atoms with van der Waals surface area (Å²) in [6.45, 7) is 10.6. The van der Waals surface area contributed by atoms with Crippen LogP contribution in [0.25, 0.3) is 0 Å². The van der Waals surface area contributed by atoms with Gasteiger partial charge in [-0.05, 0) is 18.2 Å². The zero-order valence-electron chi connectivity index (χ0n) is 15.0. The molecular formula is C18H27N2O3S+. The highest BCUT2D eigenvalue weighted by atomic mass is 32.2. The normalized spacial score (nSPS) is 17.2. The van der Waals surface area contributed by atoms with Crippen LogP contribution in [0.2, 0.25) is 0 Å². The van der Waals surface area contributed by atoms with Crippen molar-refractivity contribution in [2.45, 2.75) is 38.0 Å². The number of ether oxygens (including phenoxy) is 1. The van der Waals surface area contributed by atoms with E-state index < -0.39 is 5.97 Å². The molecule has 0 bridgehead atoms. The summed E-state index contributed by atoms with van der Waals surface area (Å²) in [4.78, 5) is 26.6. The molecule has 1 aromatic carbocycles. The van der Waals surface area contributed by atoms with Crippen LogP contribution in [0.3, 0.4) is 0 Å². The Morgan fingerprint density at radius 1 is 1.25 bits per heavy atom. The van der Waals surface area contributed by atoms with E-state index in [1.54, 1.807) is 23.9 Å². The van der Waals surface area contributed by atoms with Crippen LogP contribution in [0.1, 0.15) is 38.1 Å². The lowest BCUT2D eigenvalue weighted by atomic mass is 10.1. The summed E-state index contributed by atoms with van der Waals surface area (Å²) in [6.07, 6.45) is 0. The highest BCUT2D eigenvalue weighted by Gasteiger charge is 2.36.